The Balaban J connectivity index is 2.40. The van der Waals surface area contributed by atoms with Gasteiger partial charge in [-0.3, -0.25) is 0 Å². The number of hydrogen-bond donors (Lipinski definition) is 1. The number of aliphatic hydroxyl groups is 1. The fraction of sp³-hybridized carbons (Fsp3) is 0.231. The van der Waals surface area contributed by atoms with Crippen LogP contribution < -0.4 is 0 Å². The fourth-order valence-corrected chi connectivity index (χ4v) is 1.82. The van der Waals surface area contributed by atoms with E-state index in [-0.39, 0.29) is 5.57 Å². The first-order valence-electron chi connectivity index (χ1n) is 5.26. The van der Waals surface area contributed by atoms with Crippen molar-refractivity contribution in [2.45, 2.75) is 18.3 Å². The molecule has 0 radical (unpaired) electrons. The van der Waals surface area contributed by atoms with Gasteiger partial charge in [0.1, 0.15) is 5.76 Å². The highest BCUT2D eigenvalue weighted by molar-refractivity contribution is 5.70. The molecule has 0 fully saturated rings. The SMILES string of the molecule is OC1=CC=C(c2ccccc2)CC1(F)C(F)(F)F. The maximum Gasteiger partial charge on any atom is 0.430 e. The minimum absolute atomic E-state index is 0.202. The molecule has 0 bridgehead atoms. The molecular weight excluding hydrogens is 248 g/mol. The quantitative estimate of drug-likeness (QED) is 0.749. The Hall–Kier alpha value is -1.78. The number of halogens is 4. The molecule has 1 unspecified atom stereocenters. The van der Waals surface area contributed by atoms with Crippen LogP contribution in [0.3, 0.4) is 0 Å². The zero-order chi connectivity index (χ0) is 13.4. The molecule has 96 valence electrons. The second-order valence-electron chi connectivity index (χ2n) is 4.09. The summed E-state index contributed by atoms with van der Waals surface area (Å²) >= 11 is 0. The molecular formula is C13H10F4O. The third-order valence-electron chi connectivity index (χ3n) is 2.88. The summed E-state index contributed by atoms with van der Waals surface area (Å²) in [6, 6.07) is 8.22. The number of hydrogen-bond acceptors (Lipinski definition) is 1. The van der Waals surface area contributed by atoms with E-state index in [4.69, 9.17) is 5.11 Å². The first kappa shape index (κ1) is 12.7. The third-order valence-corrected chi connectivity index (χ3v) is 2.88. The Labute approximate surface area is 101 Å². The van der Waals surface area contributed by atoms with Gasteiger partial charge in [0, 0.05) is 6.42 Å². The summed E-state index contributed by atoms with van der Waals surface area (Å²) in [5.41, 5.74) is -2.99. The van der Waals surface area contributed by atoms with Gasteiger partial charge in [-0.2, -0.15) is 13.2 Å². The molecule has 0 spiro atoms. The predicted molar refractivity (Wildman–Crippen MR) is 59.6 cm³/mol. The lowest BCUT2D eigenvalue weighted by Crippen LogP contribution is -2.43. The Kier molecular flexibility index (Phi) is 2.92. The monoisotopic (exact) mass is 258 g/mol. The maximum atomic E-state index is 13.9. The van der Waals surface area contributed by atoms with Gasteiger partial charge in [-0.25, -0.2) is 4.39 Å². The zero-order valence-corrected chi connectivity index (χ0v) is 9.21. The Morgan fingerprint density at radius 1 is 1.06 bits per heavy atom. The zero-order valence-electron chi connectivity index (χ0n) is 9.21. The van der Waals surface area contributed by atoms with Gasteiger partial charge in [-0.1, -0.05) is 36.4 Å². The molecule has 1 aromatic rings. The van der Waals surface area contributed by atoms with Crippen molar-refractivity contribution in [1.82, 2.24) is 0 Å². The van der Waals surface area contributed by atoms with Crippen molar-refractivity contribution in [1.29, 1.82) is 0 Å². The van der Waals surface area contributed by atoms with Crippen LogP contribution in [0.15, 0.2) is 48.2 Å². The second kappa shape index (κ2) is 4.15. The highest BCUT2D eigenvalue weighted by Crippen LogP contribution is 2.46. The van der Waals surface area contributed by atoms with Crippen molar-refractivity contribution < 1.29 is 22.7 Å². The normalized spacial score (nSPS) is 24.4. The summed E-state index contributed by atoms with van der Waals surface area (Å²) in [5, 5.41) is 9.15. The van der Waals surface area contributed by atoms with Gasteiger partial charge in [-0.15, -0.1) is 0 Å². The van der Waals surface area contributed by atoms with Gasteiger partial charge in [0.25, 0.3) is 5.67 Å². The van der Waals surface area contributed by atoms with Gasteiger partial charge in [-0.05, 0) is 17.2 Å². The van der Waals surface area contributed by atoms with E-state index in [9.17, 15) is 17.6 Å². The molecule has 0 heterocycles. The largest absolute Gasteiger partial charge is 0.509 e. The lowest BCUT2D eigenvalue weighted by molar-refractivity contribution is -0.223. The summed E-state index contributed by atoms with van der Waals surface area (Å²) in [6.07, 6.45) is -3.99. The van der Waals surface area contributed by atoms with E-state index in [2.05, 4.69) is 0 Å². The molecule has 0 amide bonds. The van der Waals surface area contributed by atoms with Crippen LogP contribution in [0.4, 0.5) is 17.6 Å². The summed E-state index contributed by atoms with van der Waals surface area (Å²) in [5.74, 6) is -1.30. The molecule has 1 aliphatic carbocycles. The average molecular weight is 258 g/mol. The first-order chi connectivity index (χ1) is 8.34. The fourth-order valence-electron chi connectivity index (χ4n) is 1.82. The standard InChI is InChI=1S/C13H10F4O/c14-12(13(15,16)17)8-10(6-7-11(12)18)9-4-2-1-3-5-9/h1-7,18H,8H2. The second-order valence-corrected chi connectivity index (χ2v) is 4.09. The van der Waals surface area contributed by atoms with Gasteiger partial charge < -0.3 is 5.11 Å². The first-order valence-corrected chi connectivity index (χ1v) is 5.26. The van der Waals surface area contributed by atoms with Gasteiger partial charge in [0.15, 0.2) is 0 Å². The van der Waals surface area contributed by atoms with E-state index in [1.165, 1.54) is 6.08 Å². The molecule has 1 nitrogen and oxygen atoms in total. The molecule has 1 atom stereocenters. The van der Waals surface area contributed by atoms with E-state index < -0.39 is 24.0 Å². The average Bonchev–Trinajstić information content (AvgIpc) is 2.32. The molecule has 0 saturated heterocycles. The smallest absolute Gasteiger partial charge is 0.430 e. The highest BCUT2D eigenvalue weighted by Gasteiger charge is 2.60. The summed E-state index contributed by atoms with van der Waals surface area (Å²) in [6.45, 7) is 0. The number of rotatable bonds is 1. The molecule has 0 aromatic heterocycles. The minimum Gasteiger partial charge on any atom is -0.509 e. The predicted octanol–water partition coefficient (Wildman–Crippen LogP) is 4.19. The van der Waals surface area contributed by atoms with E-state index in [1.807, 2.05) is 0 Å². The van der Waals surface area contributed by atoms with Crippen molar-refractivity contribution >= 4 is 5.57 Å². The van der Waals surface area contributed by atoms with Crippen LogP contribution >= 0.6 is 0 Å². The Morgan fingerprint density at radius 3 is 2.22 bits per heavy atom. The van der Waals surface area contributed by atoms with Crippen LogP contribution in [0.25, 0.3) is 5.57 Å². The summed E-state index contributed by atoms with van der Waals surface area (Å²) in [7, 11) is 0. The van der Waals surface area contributed by atoms with Crippen LogP contribution in [-0.2, 0) is 0 Å². The van der Waals surface area contributed by atoms with E-state index >= 15 is 0 Å². The van der Waals surface area contributed by atoms with Crippen molar-refractivity contribution in [3.8, 4) is 0 Å². The molecule has 1 aromatic carbocycles. The number of benzene rings is 1. The number of aliphatic hydroxyl groups excluding tert-OH is 1. The van der Waals surface area contributed by atoms with Crippen LogP contribution in [0.2, 0.25) is 0 Å². The molecule has 1 N–H and O–H groups in total. The third kappa shape index (κ3) is 2.00. The number of alkyl halides is 4. The Morgan fingerprint density at radius 2 is 1.67 bits per heavy atom. The van der Waals surface area contributed by atoms with Crippen molar-refractivity contribution in [3.63, 3.8) is 0 Å². The molecule has 0 saturated carbocycles. The molecule has 1 aliphatic rings. The number of allylic oxidation sites excluding steroid dienone is 4. The van der Waals surface area contributed by atoms with Gasteiger partial charge >= 0.3 is 6.18 Å². The topological polar surface area (TPSA) is 20.2 Å². The van der Waals surface area contributed by atoms with Crippen LogP contribution in [-0.4, -0.2) is 17.0 Å². The van der Waals surface area contributed by atoms with E-state index in [0.29, 0.717) is 5.56 Å². The highest BCUT2D eigenvalue weighted by atomic mass is 19.4. The van der Waals surface area contributed by atoms with E-state index in [0.717, 1.165) is 6.08 Å². The molecule has 2 rings (SSSR count). The van der Waals surface area contributed by atoms with Gasteiger partial charge in [0.2, 0.25) is 0 Å². The maximum absolute atomic E-state index is 13.9. The molecule has 5 heteroatoms. The Bertz CT molecular complexity index is 501. The molecule has 18 heavy (non-hydrogen) atoms. The minimum atomic E-state index is -5.14. The van der Waals surface area contributed by atoms with Crippen molar-refractivity contribution in [3.05, 3.63) is 53.8 Å². The lowest BCUT2D eigenvalue weighted by Gasteiger charge is -2.30. The van der Waals surface area contributed by atoms with Crippen LogP contribution in [0, 0.1) is 0 Å². The molecule has 0 aliphatic heterocycles. The lowest BCUT2D eigenvalue weighted by atomic mass is 9.86. The van der Waals surface area contributed by atoms with Crippen molar-refractivity contribution in [2.75, 3.05) is 0 Å². The van der Waals surface area contributed by atoms with Crippen molar-refractivity contribution in [2.24, 2.45) is 0 Å². The van der Waals surface area contributed by atoms with Crippen LogP contribution in [0.1, 0.15) is 12.0 Å². The van der Waals surface area contributed by atoms with Gasteiger partial charge in [0.05, 0.1) is 0 Å². The summed E-state index contributed by atoms with van der Waals surface area (Å²) < 4.78 is 51.9. The summed E-state index contributed by atoms with van der Waals surface area (Å²) in [4.78, 5) is 0. The van der Waals surface area contributed by atoms with E-state index in [1.54, 1.807) is 30.3 Å². The van der Waals surface area contributed by atoms with Crippen LogP contribution in [0.5, 0.6) is 0 Å².